The summed E-state index contributed by atoms with van der Waals surface area (Å²) in [6, 6.07) is 3.16. The zero-order chi connectivity index (χ0) is 13.8. The summed E-state index contributed by atoms with van der Waals surface area (Å²) in [5.74, 6) is -1.63. The molecular formula is C14H16BrF2NO. The summed E-state index contributed by atoms with van der Waals surface area (Å²) in [6.07, 6.45) is 3.74. The first-order valence-corrected chi connectivity index (χ1v) is 7.57. The highest BCUT2D eigenvalue weighted by Crippen LogP contribution is 2.25. The van der Waals surface area contributed by atoms with E-state index in [2.05, 4.69) is 15.9 Å². The van der Waals surface area contributed by atoms with Crippen molar-refractivity contribution in [1.82, 2.24) is 4.90 Å². The Morgan fingerprint density at radius 2 is 2.21 bits per heavy atom. The van der Waals surface area contributed by atoms with Gasteiger partial charge in [-0.1, -0.05) is 15.9 Å². The normalized spacial score (nSPS) is 18.9. The third-order valence-electron chi connectivity index (χ3n) is 3.47. The quantitative estimate of drug-likeness (QED) is 0.769. The van der Waals surface area contributed by atoms with Gasteiger partial charge in [-0.2, -0.15) is 0 Å². The summed E-state index contributed by atoms with van der Waals surface area (Å²) in [4.78, 5) is 14.0. The molecule has 0 aromatic heterocycles. The molecule has 0 bridgehead atoms. The molecule has 1 aromatic carbocycles. The van der Waals surface area contributed by atoms with E-state index in [1.54, 1.807) is 4.90 Å². The fourth-order valence-corrected chi connectivity index (χ4v) is 2.86. The van der Waals surface area contributed by atoms with Crippen LogP contribution in [0.1, 0.15) is 36.0 Å². The van der Waals surface area contributed by atoms with Crippen molar-refractivity contribution in [3.8, 4) is 0 Å². The Balaban J connectivity index is 2.16. The monoisotopic (exact) mass is 331 g/mol. The van der Waals surface area contributed by atoms with Crippen LogP contribution in [0.4, 0.5) is 8.78 Å². The van der Waals surface area contributed by atoms with E-state index in [-0.39, 0.29) is 11.6 Å². The Morgan fingerprint density at radius 3 is 2.95 bits per heavy atom. The zero-order valence-electron chi connectivity index (χ0n) is 10.5. The number of alkyl halides is 1. The fourth-order valence-electron chi connectivity index (χ4n) is 2.53. The molecule has 104 valence electrons. The minimum Gasteiger partial charge on any atom is -0.336 e. The van der Waals surface area contributed by atoms with Crippen LogP contribution >= 0.6 is 15.9 Å². The van der Waals surface area contributed by atoms with E-state index < -0.39 is 17.5 Å². The third kappa shape index (κ3) is 3.32. The van der Waals surface area contributed by atoms with E-state index >= 15 is 0 Å². The van der Waals surface area contributed by atoms with Gasteiger partial charge >= 0.3 is 0 Å². The first-order chi connectivity index (χ1) is 9.13. The summed E-state index contributed by atoms with van der Waals surface area (Å²) >= 11 is 3.37. The molecule has 1 fully saturated rings. The van der Waals surface area contributed by atoms with Crippen LogP contribution in [0.15, 0.2) is 18.2 Å². The van der Waals surface area contributed by atoms with Crippen molar-refractivity contribution in [2.45, 2.75) is 31.7 Å². The summed E-state index contributed by atoms with van der Waals surface area (Å²) < 4.78 is 26.8. The maximum Gasteiger partial charge on any atom is 0.257 e. The summed E-state index contributed by atoms with van der Waals surface area (Å²) in [5.41, 5.74) is -0.161. The average Bonchev–Trinajstić information content (AvgIpc) is 2.86. The number of benzene rings is 1. The lowest BCUT2D eigenvalue weighted by Crippen LogP contribution is -2.36. The lowest BCUT2D eigenvalue weighted by molar-refractivity contribution is 0.0725. The van der Waals surface area contributed by atoms with Crippen molar-refractivity contribution in [2.75, 3.05) is 11.9 Å². The largest absolute Gasteiger partial charge is 0.336 e. The highest BCUT2D eigenvalue weighted by molar-refractivity contribution is 9.09. The van der Waals surface area contributed by atoms with E-state index in [9.17, 15) is 13.6 Å². The topological polar surface area (TPSA) is 20.3 Å². The zero-order valence-corrected chi connectivity index (χ0v) is 12.1. The molecule has 1 aliphatic rings. The molecule has 0 aliphatic carbocycles. The highest BCUT2D eigenvalue weighted by atomic mass is 79.9. The molecule has 1 unspecified atom stereocenters. The number of halogens is 3. The van der Waals surface area contributed by atoms with Gasteiger partial charge in [0.1, 0.15) is 11.6 Å². The molecule has 1 amide bonds. The van der Waals surface area contributed by atoms with Crippen LogP contribution in [-0.4, -0.2) is 28.7 Å². The molecule has 1 heterocycles. The molecule has 1 aromatic rings. The lowest BCUT2D eigenvalue weighted by atomic mass is 10.1. The van der Waals surface area contributed by atoms with Gasteiger partial charge < -0.3 is 4.90 Å². The average molecular weight is 332 g/mol. The van der Waals surface area contributed by atoms with Crippen LogP contribution < -0.4 is 0 Å². The second-order valence-electron chi connectivity index (χ2n) is 4.75. The van der Waals surface area contributed by atoms with E-state index in [1.165, 1.54) is 0 Å². The summed E-state index contributed by atoms with van der Waals surface area (Å²) in [5, 5.41) is 0.889. The molecule has 1 aliphatic heterocycles. The van der Waals surface area contributed by atoms with Gasteiger partial charge in [-0.05, 0) is 43.9 Å². The Labute approximate surface area is 119 Å². The van der Waals surface area contributed by atoms with Crippen LogP contribution in [0.2, 0.25) is 0 Å². The Kier molecular flexibility index (Phi) is 4.91. The van der Waals surface area contributed by atoms with E-state index in [0.717, 1.165) is 49.2 Å². The van der Waals surface area contributed by atoms with Crippen molar-refractivity contribution in [3.05, 3.63) is 35.4 Å². The standard InChI is InChI=1S/C14H16BrF2NO/c15-7-1-3-11-4-2-8-18(11)14(19)12-9-10(16)5-6-13(12)17/h5-6,9,11H,1-4,7-8H2. The maximum atomic E-state index is 13.6. The summed E-state index contributed by atoms with van der Waals surface area (Å²) in [7, 11) is 0. The Bertz CT molecular complexity index is 467. The van der Waals surface area contributed by atoms with E-state index in [1.807, 2.05) is 0 Å². The molecule has 0 saturated carbocycles. The van der Waals surface area contributed by atoms with Gasteiger partial charge in [-0.25, -0.2) is 8.78 Å². The minimum atomic E-state index is -0.655. The Morgan fingerprint density at radius 1 is 1.42 bits per heavy atom. The van der Waals surface area contributed by atoms with Gasteiger partial charge in [-0.3, -0.25) is 4.79 Å². The summed E-state index contributed by atoms with van der Waals surface area (Å²) in [6.45, 7) is 0.627. The number of rotatable bonds is 4. The van der Waals surface area contributed by atoms with Crippen LogP contribution in [0.25, 0.3) is 0 Å². The number of carbonyl (C=O) groups excluding carboxylic acids is 1. The number of nitrogens with zero attached hydrogens (tertiary/aromatic N) is 1. The first-order valence-electron chi connectivity index (χ1n) is 6.45. The van der Waals surface area contributed by atoms with Crippen LogP contribution in [0.3, 0.4) is 0 Å². The van der Waals surface area contributed by atoms with Gasteiger partial charge in [0.05, 0.1) is 5.56 Å². The Hall–Kier alpha value is -0.970. The van der Waals surface area contributed by atoms with Crippen LogP contribution in [0.5, 0.6) is 0 Å². The predicted molar refractivity (Wildman–Crippen MR) is 73.4 cm³/mol. The molecule has 0 spiro atoms. The lowest BCUT2D eigenvalue weighted by Gasteiger charge is -2.24. The molecular weight excluding hydrogens is 316 g/mol. The molecule has 0 N–H and O–H groups in total. The van der Waals surface area contributed by atoms with Gasteiger partial charge in [-0.15, -0.1) is 0 Å². The van der Waals surface area contributed by atoms with E-state index in [0.29, 0.717) is 6.54 Å². The van der Waals surface area contributed by atoms with Gasteiger partial charge in [0.25, 0.3) is 5.91 Å². The maximum absolute atomic E-state index is 13.6. The molecule has 2 rings (SSSR count). The number of likely N-dealkylation sites (tertiary alicyclic amines) is 1. The molecule has 1 atom stereocenters. The van der Waals surface area contributed by atoms with E-state index in [4.69, 9.17) is 0 Å². The van der Waals surface area contributed by atoms with Crippen molar-refractivity contribution >= 4 is 21.8 Å². The molecule has 1 saturated heterocycles. The first kappa shape index (κ1) is 14.4. The fraction of sp³-hybridized carbons (Fsp3) is 0.500. The SMILES string of the molecule is O=C(c1cc(F)ccc1F)N1CCCC1CCCBr. The van der Waals surface area contributed by atoms with Gasteiger partial charge in [0.15, 0.2) is 0 Å². The van der Waals surface area contributed by atoms with Crippen LogP contribution in [0, 0.1) is 11.6 Å². The molecule has 5 heteroatoms. The third-order valence-corrected chi connectivity index (χ3v) is 4.03. The van der Waals surface area contributed by atoms with Crippen molar-refractivity contribution < 1.29 is 13.6 Å². The number of hydrogen-bond acceptors (Lipinski definition) is 1. The molecule has 2 nitrogen and oxygen atoms in total. The smallest absolute Gasteiger partial charge is 0.257 e. The number of amides is 1. The van der Waals surface area contributed by atoms with Crippen LogP contribution in [-0.2, 0) is 0 Å². The number of carbonyl (C=O) groups is 1. The van der Waals surface area contributed by atoms with Crippen molar-refractivity contribution in [1.29, 1.82) is 0 Å². The van der Waals surface area contributed by atoms with Gasteiger partial charge in [0, 0.05) is 17.9 Å². The molecule has 0 radical (unpaired) electrons. The second-order valence-corrected chi connectivity index (χ2v) is 5.54. The highest BCUT2D eigenvalue weighted by Gasteiger charge is 2.30. The van der Waals surface area contributed by atoms with Crippen molar-refractivity contribution in [3.63, 3.8) is 0 Å². The molecule has 19 heavy (non-hydrogen) atoms. The van der Waals surface area contributed by atoms with Crippen molar-refractivity contribution in [2.24, 2.45) is 0 Å². The van der Waals surface area contributed by atoms with Gasteiger partial charge in [0.2, 0.25) is 0 Å². The minimum absolute atomic E-state index is 0.146. The second kappa shape index (κ2) is 6.46. The predicted octanol–water partition coefficient (Wildman–Crippen LogP) is 3.74. The number of hydrogen-bond donors (Lipinski definition) is 0.